The van der Waals surface area contributed by atoms with Crippen molar-refractivity contribution in [1.82, 2.24) is 5.32 Å². The number of amides is 2. The van der Waals surface area contributed by atoms with Crippen molar-refractivity contribution in [2.75, 3.05) is 11.4 Å². The van der Waals surface area contributed by atoms with E-state index in [0.717, 1.165) is 0 Å². The predicted octanol–water partition coefficient (Wildman–Crippen LogP) is 2.21. The molecule has 7 nitrogen and oxygen atoms in total. The van der Waals surface area contributed by atoms with Gasteiger partial charge >= 0.3 is 5.97 Å². The van der Waals surface area contributed by atoms with Gasteiger partial charge in [-0.3, -0.25) is 9.59 Å². The van der Waals surface area contributed by atoms with Crippen LogP contribution in [0.1, 0.15) is 29.3 Å². The normalized spacial score (nSPS) is 15.7. The van der Waals surface area contributed by atoms with Crippen LogP contribution in [0.25, 0.3) is 0 Å². The van der Waals surface area contributed by atoms with Crippen molar-refractivity contribution in [3.8, 4) is 5.75 Å². The van der Waals surface area contributed by atoms with E-state index in [4.69, 9.17) is 9.84 Å². The zero-order valence-electron chi connectivity index (χ0n) is 14.8. The van der Waals surface area contributed by atoms with Gasteiger partial charge in [-0.2, -0.15) is 0 Å². The number of carbonyl (C=O) groups is 3. The molecule has 3 rings (SSSR count). The van der Waals surface area contributed by atoms with Crippen LogP contribution in [0.5, 0.6) is 5.75 Å². The van der Waals surface area contributed by atoms with Gasteiger partial charge in [0, 0.05) is 19.5 Å². The number of nitrogens with zero attached hydrogens (tertiary/aromatic N) is 1. The van der Waals surface area contributed by atoms with E-state index in [1.807, 2.05) is 12.1 Å². The molecule has 2 aromatic carbocycles. The number of hydrogen-bond donors (Lipinski definition) is 2. The molecule has 0 spiro atoms. The Labute approximate surface area is 156 Å². The number of aromatic carboxylic acids is 1. The molecule has 0 saturated carbocycles. The van der Waals surface area contributed by atoms with Gasteiger partial charge in [0.1, 0.15) is 5.75 Å². The van der Waals surface area contributed by atoms with E-state index >= 15 is 0 Å². The van der Waals surface area contributed by atoms with Crippen LogP contribution in [0.2, 0.25) is 0 Å². The number of para-hydroxylation sites is 2. The Bertz CT molecular complexity index is 880. The molecular formula is C20H20N2O5. The van der Waals surface area contributed by atoms with Crippen LogP contribution in [-0.4, -0.2) is 35.5 Å². The Hall–Kier alpha value is -3.35. The highest BCUT2D eigenvalue weighted by molar-refractivity contribution is 6.00. The molecule has 1 aliphatic rings. The third kappa shape index (κ3) is 4.25. The number of rotatable bonds is 6. The van der Waals surface area contributed by atoms with Gasteiger partial charge in [-0.05, 0) is 36.8 Å². The van der Waals surface area contributed by atoms with Crippen molar-refractivity contribution in [1.29, 1.82) is 0 Å². The highest BCUT2D eigenvalue weighted by Crippen LogP contribution is 2.33. The molecule has 2 N–H and O–H groups in total. The first-order valence-electron chi connectivity index (χ1n) is 8.61. The molecule has 1 atom stereocenters. The van der Waals surface area contributed by atoms with E-state index in [1.54, 1.807) is 36.1 Å². The fourth-order valence-corrected chi connectivity index (χ4v) is 2.91. The van der Waals surface area contributed by atoms with Crippen molar-refractivity contribution < 1.29 is 24.2 Å². The van der Waals surface area contributed by atoms with E-state index in [0.29, 0.717) is 17.0 Å². The van der Waals surface area contributed by atoms with Crippen molar-refractivity contribution in [3.63, 3.8) is 0 Å². The third-order valence-corrected chi connectivity index (χ3v) is 4.30. The van der Waals surface area contributed by atoms with Crippen LogP contribution >= 0.6 is 0 Å². The minimum absolute atomic E-state index is 0.130. The fraction of sp³-hybridized carbons (Fsp3) is 0.250. The number of nitrogens with one attached hydrogen (secondary N) is 1. The van der Waals surface area contributed by atoms with E-state index in [9.17, 15) is 14.4 Å². The Balaban J connectivity index is 1.58. The van der Waals surface area contributed by atoms with E-state index in [1.165, 1.54) is 12.1 Å². The first kappa shape index (κ1) is 18.4. The van der Waals surface area contributed by atoms with Crippen LogP contribution in [0, 0.1) is 0 Å². The molecule has 140 valence electrons. The van der Waals surface area contributed by atoms with Crippen LogP contribution in [0.4, 0.5) is 5.69 Å². The SMILES string of the molecule is C[C@@H]1Oc2ccccc2N(CCC(=O)NCc2cccc(C(=O)O)c2)C1=O. The summed E-state index contributed by atoms with van der Waals surface area (Å²) in [6.07, 6.45) is -0.465. The number of carboxylic acid groups (broad SMARTS) is 1. The first-order chi connectivity index (χ1) is 13.0. The van der Waals surface area contributed by atoms with Crippen LogP contribution in [0.3, 0.4) is 0 Å². The number of anilines is 1. The summed E-state index contributed by atoms with van der Waals surface area (Å²) >= 11 is 0. The molecule has 0 aromatic heterocycles. The zero-order valence-corrected chi connectivity index (χ0v) is 14.8. The average Bonchev–Trinajstić information content (AvgIpc) is 2.67. The smallest absolute Gasteiger partial charge is 0.335 e. The molecule has 0 saturated heterocycles. The Morgan fingerprint density at radius 3 is 2.74 bits per heavy atom. The molecule has 0 bridgehead atoms. The molecule has 2 aromatic rings. The number of fused-ring (bicyclic) bond motifs is 1. The highest BCUT2D eigenvalue weighted by atomic mass is 16.5. The molecule has 7 heteroatoms. The van der Waals surface area contributed by atoms with Gasteiger partial charge in [-0.15, -0.1) is 0 Å². The summed E-state index contributed by atoms with van der Waals surface area (Å²) in [5.74, 6) is -0.798. The lowest BCUT2D eigenvalue weighted by atomic mass is 10.1. The van der Waals surface area contributed by atoms with Crippen molar-refractivity contribution in [2.45, 2.75) is 26.0 Å². The number of hydrogen-bond acceptors (Lipinski definition) is 4. The average molecular weight is 368 g/mol. The fourth-order valence-electron chi connectivity index (χ4n) is 2.91. The molecule has 27 heavy (non-hydrogen) atoms. The molecule has 0 radical (unpaired) electrons. The molecular weight excluding hydrogens is 348 g/mol. The lowest BCUT2D eigenvalue weighted by molar-refractivity contribution is -0.125. The molecule has 0 fully saturated rings. The Morgan fingerprint density at radius 1 is 1.19 bits per heavy atom. The Morgan fingerprint density at radius 2 is 1.96 bits per heavy atom. The number of benzene rings is 2. The van der Waals surface area contributed by atoms with Gasteiger partial charge in [0.15, 0.2) is 6.10 Å². The summed E-state index contributed by atoms with van der Waals surface area (Å²) in [5.41, 5.74) is 1.53. The lowest BCUT2D eigenvalue weighted by Gasteiger charge is -2.32. The minimum Gasteiger partial charge on any atom is -0.479 e. The quantitative estimate of drug-likeness (QED) is 0.815. The second kappa shape index (κ2) is 7.90. The summed E-state index contributed by atoms with van der Waals surface area (Å²) < 4.78 is 5.58. The summed E-state index contributed by atoms with van der Waals surface area (Å²) in [6, 6.07) is 13.6. The number of carboxylic acids is 1. The molecule has 1 aliphatic heterocycles. The maximum atomic E-state index is 12.4. The lowest BCUT2D eigenvalue weighted by Crippen LogP contribution is -2.45. The molecule has 2 amide bonds. The molecule has 1 heterocycles. The highest BCUT2D eigenvalue weighted by Gasteiger charge is 2.31. The van der Waals surface area contributed by atoms with Crippen LogP contribution in [0.15, 0.2) is 48.5 Å². The van der Waals surface area contributed by atoms with Crippen LogP contribution in [-0.2, 0) is 16.1 Å². The van der Waals surface area contributed by atoms with Crippen molar-refractivity contribution >= 4 is 23.5 Å². The van der Waals surface area contributed by atoms with Gasteiger partial charge in [0.2, 0.25) is 5.91 Å². The zero-order chi connectivity index (χ0) is 19.4. The summed E-state index contributed by atoms with van der Waals surface area (Å²) in [6.45, 7) is 2.15. The summed E-state index contributed by atoms with van der Waals surface area (Å²) in [5, 5.41) is 11.8. The Kier molecular flexibility index (Phi) is 5.40. The minimum atomic E-state index is -1.01. The van der Waals surface area contributed by atoms with E-state index < -0.39 is 12.1 Å². The summed E-state index contributed by atoms with van der Waals surface area (Å²) in [4.78, 5) is 37.1. The standard InChI is InChI=1S/C20H20N2O5/c1-13-19(24)22(16-7-2-3-8-17(16)27-13)10-9-18(23)21-12-14-5-4-6-15(11-14)20(25)26/h2-8,11,13H,9-10,12H2,1H3,(H,21,23)(H,25,26)/t13-/m0/s1. The maximum Gasteiger partial charge on any atom is 0.335 e. The predicted molar refractivity (Wildman–Crippen MR) is 98.8 cm³/mol. The molecule has 0 unspecified atom stereocenters. The third-order valence-electron chi connectivity index (χ3n) is 4.30. The second-order valence-electron chi connectivity index (χ2n) is 6.25. The number of carbonyl (C=O) groups excluding carboxylic acids is 2. The van der Waals surface area contributed by atoms with Gasteiger partial charge in [-0.25, -0.2) is 4.79 Å². The largest absolute Gasteiger partial charge is 0.479 e. The second-order valence-corrected chi connectivity index (χ2v) is 6.25. The topological polar surface area (TPSA) is 95.9 Å². The van der Waals surface area contributed by atoms with Crippen LogP contribution < -0.4 is 15.0 Å². The summed E-state index contributed by atoms with van der Waals surface area (Å²) in [7, 11) is 0. The maximum absolute atomic E-state index is 12.4. The monoisotopic (exact) mass is 368 g/mol. The molecule has 0 aliphatic carbocycles. The van der Waals surface area contributed by atoms with Gasteiger partial charge in [0.05, 0.1) is 11.3 Å². The van der Waals surface area contributed by atoms with E-state index in [-0.39, 0.29) is 36.9 Å². The van der Waals surface area contributed by atoms with Crippen molar-refractivity contribution in [3.05, 3.63) is 59.7 Å². The van der Waals surface area contributed by atoms with Gasteiger partial charge < -0.3 is 20.1 Å². The number of ether oxygens (including phenoxy) is 1. The van der Waals surface area contributed by atoms with Gasteiger partial charge in [0.25, 0.3) is 5.91 Å². The first-order valence-corrected chi connectivity index (χ1v) is 8.61. The van der Waals surface area contributed by atoms with Gasteiger partial charge in [-0.1, -0.05) is 24.3 Å². The van der Waals surface area contributed by atoms with E-state index in [2.05, 4.69) is 5.32 Å². The van der Waals surface area contributed by atoms with Crippen molar-refractivity contribution in [2.24, 2.45) is 0 Å².